The zero-order valence-corrected chi connectivity index (χ0v) is 8.40. The van der Waals surface area contributed by atoms with E-state index < -0.39 is 5.97 Å². The Bertz CT molecular complexity index is 461. The van der Waals surface area contributed by atoms with E-state index in [2.05, 4.69) is 22.3 Å². The van der Waals surface area contributed by atoms with Gasteiger partial charge < -0.3 is 5.11 Å². The first-order valence-corrected chi connectivity index (χ1v) is 5.17. The maximum Gasteiger partial charge on any atom is 0.354 e. The quantitative estimate of drug-likeness (QED) is 0.718. The number of nitrogens with zero attached hydrogens (tertiary/aromatic N) is 1. The van der Waals surface area contributed by atoms with Crippen molar-refractivity contribution in [3.63, 3.8) is 0 Å². The Balaban J connectivity index is 1.94. The Kier molecular flexibility index (Phi) is 1.58. The molecule has 0 amide bonds. The van der Waals surface area contributed by atoms with E-state index >= 15 is 0 Å². The van der Waals surface area contributed by atoms with Crippen LogP contribution in [0.1, 0.15) is 34.6 Å². The zero-order valence-electron chi connectivity index (χ0n) is 8.40. The first-order valence-electron chi connectivity index (χ1n) is 5.17. The number of allylic oxidation sites excluding steroid dienone is 2. The first kappa shape index (κ1) is 8.71. The predicted molar refractivity (Wildman–Crippen MR) is 53.8 cm³/mol. The molecule has 3 atom stereocenters. The van der Waals surface area contributed by atoms with Crippen molar-refractivity contribution in [3.8, 4) is 0 Å². The van der Waals surface area contributed by atoms with Crippen LogP contribution in [-0.2, 0) is 6.42 Å². The van der Waals surface area contributed by atoms with Gasteiger partial charge in [-0.05, 0) is 25.2 Å². The molecule has 2 aliphatic carbocycles. The van der Waals surface area contributed by atoms with Crippen LogP contribution >= 0.6 is 0 Å². The van der Waals surface area contributed by atoms with Crippen LogP contribution in [0.5, 0.6) is 0 Å². The van der Waals surface area contributed by atoms with Crippen LogP contribution in [0, 0.1) is 11.8 Å². The minimum Gasteiger partial charge on any atom is -0.477 e. The molecule has 1 aromatic heterocycles. The number of carboxylic acid groups (broad SMARTS) is 1. The topological polar surface area (TPSA) is 66.0 Å². The van der Waals surface area contributed by atoms with Crippen molar-refractivity contribution in [2.75, 3.05) is 0 Å². The molecule has 0 saturated heterocycles. The van der Waals surface area contributed by atoms with Crippen molar-refractivity contribution < 1.29 is 9.90 Å². The molecular weight excluding hydrogens is 192 g/mol. The molecule has 0 spiro atoms. The van der Waals surface area contributed by atoms with Crippen LogP contribution in [0.15, 0.2) is 12.2 Å². The highest BCUT2D eigenvalue weighted by Crippen LogP contribution is 2.61. The van der Waals surface area contributed by atoms with Gasteiger partial charge in [0.05, 0.1) is 5.69 Å². The minimum absolute atomic E-state index is 0.288. The van der Waals surface area contributed by atoms with Crippen LogP contribution in [0.3, 0.4) is 0 Å². The lowest BCUT2D eigenvalue weighted by atomic mass is 10.1. The second kappa shape index (κ2) is 2.72. The molecular formula is C11H12N2O2. The molecule has 1 heterocycles. The van der Waals surface area contributed by atoms with Crippen LogP contribution in [0.25, 0.3) is 0 Å². The Morgan fingerprint density at radius 2 is 2.47 bits per heavy atom. The Labute approximate surface area is 87.0 Å². The molecule has 1 saturated carbocycles. The third-order valence-corrected chi connectivity index (χ3v) is 3.51. The molecule has 78 valence electrons. The molecule has 0 bridgehead atoms. The van der Waals surface area contributed by atoms with Crippen LogP contribution in [0.2, 0.25) is 0 Å². The number of hydrogen-bond acceptors (Lipinski definition) is 2. The molecule has 15 heavy (non-hydrogen) atoms. The van der Waals surface area contributed by atoms with Crippen molar-refractivity contribution in [1.82, 2.24) is 10.2 Å². The summed E-state index contributed by atoms with van der Waals surface area (Å²) in [5.74, 6) is 0.770. The molecule has 0 aliphatic heterocycles. The van der Waals surface area contributed by atoms with E-state index in [0.29, 0.717) is 17.8 Å². The number of aromatic amines is 1. The van der Waals surface area contributed by atoms with Gasteiger partial charge in [-0.3, -0.25) is 5.10 Å². The molecule has 4 heteroatoms. The van der Waals surface area contributed by atoms with E-state index in [4.69, 9.17) is 5.11 Å². The number of fused-ring (bicyclic) bond motifs is 3. The lowest BCUT2D eigenvalue weighted by molar-refractivity contribution is 0.0689. The van der Waals surface area contributed by atoms with Crippen molar-refractivity contribution >= 4 is 5.97 Å². The van der Waals surface area contributed by atoms with Gasteiger partial charge in [0.1, 0.15) is 5.69 Å². The highest BCUT2D eigenvalue weighted by molar-refractivity contribution is 5.88. The summed E-state index contributed by atoms with van der Waals surface area (Å²) in [7, 11) is 0. The monoisotopic (exact) mass is 204 g/mol. The maximum absolute atomic E-state index is 10.9. The molecule has 3 unspecified atom stereocenters. The van der Waals surface area contributed by atoms with Crippen molar-refractivity contribution in [2.45, 2.75) is 19.3 Å². The van der Waals surface area contributed by atoms with Gasteiger partial charge in [-0.15, -0.1) is 0 Å². The average molecular weight is 204 g/mol. The lowest BCUT2D eigenvalue weighted by Crippen LogP contribution is -2.02. The van der Waals surface area contributed by atoms with Gasteiger partial charge >= 0.3 is 5.97 Å². The van der Waals surface area contributed by atoms with Crippen molar-refractivity contribution in [2.24, 2.45) is 11.8 Å². The number of carboxylic acids is 1. The molecule has 1 fully saturated rings. The van der Waals surface area contributed by atoms with E-state index in [0.717, 1.165) is 17.7 Å². The summed E-state index contributed by atoms with van der Waals surface area (Å²) < 4.78 is 0. The molecule has 3 rings (SSSR count). The number of hydrogen-bond donors (Lipinski definition) is 2. The fourth-order valence-corrected chi connectivity index (χ4v) is 2.81. The van der Waals surface area contributed by atoms with E-state index in [1.54, 1.807) is 0 Å². The molecule has 1 aromatic rings. The first-order chi connectivity index (χ1) is 7.24. The summed E-state index contributed by atoms with van der Waals surface area (Å²) in [6.45, 7) is 2.02. The SMILES string of the molecule is CC=CC1C2Cc3c(n[nH]c3C(=O)O)C12. The highest BCUT2D eigenvalue weighted by atomic mass is 16.4. The number of carbonyl (C=O) groups is 1. The van der Waals surface area contributed by atoms with E-state index in [1.165, 1.54) is 0 Å². The Hall–Kier alpha value is -1.58. The zero-order chi connectivity index (χ0) is 10.6. The number of aromatic nitrogens is 2. The molecule has 0 radical (unpaired) electrons. The number of H-pyrrole nitrogens is 1. The largest absolute Gasteiger partial charge is 0.477 e. The summed E-state index contributed by atoms with van der Waals surface area (Å²) in [5.41, 5.74) is 2.20. The van der Waals surface area contributed by atoms with Gasteiger partial charge in [0.25, 0.3) is 0 Å². The molecule has 2 aliphatic rings. The van der Waals surface area contributed by atoms with E-state index in [1.807, 2.05) is 6.92 Å². The Morgan fingerprint density at radius 3 is 3.13 bits per heavy atom. The lowest BCUT2D eigenvalue weighted by Gasteiger charge is -1.98. The predicted octanol–water partition coefficient (Wildman–Crippen LogP) is 1.57. The highest BCUT2D eigenvalue weighted by Gasteiger charge is 2.56. The summed E-state index contributed by atoms with van der Waals surface area (Å²) in [4.78, 5) is 10.9. The third-order valence-electron chi connectivity index (χ3n) is 3.51. The van der Waals surface area contributed by atoms with Gasteiger partial charge in [-0.2, -0.15) is 5.10 Å². The van der Waals surface area contributed by atoms with Gasteiger partial charge in [0.2, 0.25) is 0 Å². The third kappa shape index (κ3) is 1.02. The summed E-state index contributed by atoms with van der Waals surface area (Å²) in [6.07, 6.45) is 5.13. The average Bonchev–Trinajstić information content (AvgIpc) is 2.60. The van der Waals surface area contributed by atoms with Gasteiger partial charge in [-0.25, -0.2) is 4.79 Å². The summed E-state index contributed by atoms with van der Waals surface area (Å²) in [6, 6.07) is 0. The van der Waals surface area contributed by atoms with Gasteiger partial charge in [-0.1, -0.05) is 12.2 Å². The fourth-order valence-electron chi connectivity index (χ4n) is 2.81. The summed E-state index contributed by atoms with van der Waals surface area (Å²) >= 11 is 0. The molecule has 4 nitrogen and oxygen atoms in total. The number of rotatable bonds is 2. The van der Waals surface area contributed by atoms with E-state index in [-0.39, 0.29) is 5.69 Å². The van der Waals surface area contributed by atoms with E-state index in [9.17, 15) is 4.79 Å². The number of nitrogens with one attached hydrogen (secondary N) is 1. The maximum atomic E-state index is 10.9. The minimum atomic E-state index is -0.896. The van der Waals surface area contributed by atoms with Crippen LogP contribution in [0.4, 0.5) is 0 Å². The van der Waals surface area contributed by atoms with Crippen molar-refractivity contribution in [1.29, 1.82) is 0 Å². The van der Waals surface area contributed by atoms with Crippen LogP contribution in [-0.4, -0.2) is 21.3 Å². The fraction of sp³-hybridized carbons (Fsp3) is 0.455. The molecule has 2 N–H and O–H groups in total. The second-order valence-electron chi connectivity index (χ2n) is 4.26. The normalized spacial score (nSPS) is 31.7. The van der Waals surface area contributed by atoms with Crippen molar-refractivity contribution in [3.05, 3.63) is 29.1 Å². The van der Waals surface area contributed by atoms with Crippen LogP contribution < -0.4 is 0 Å². The smallest absolute Gasteiger partial charge is 0.354 e. The summed E-state index contributed by atoms with van der Waals surface area (Å²) in [5, 5.41) is 15.7. The standard InChI is InChI=1S/C11H12N2O2/c1-2-3-5-6-4-7-9(8(5)6)12-13-10(7)11(14)15/h2-3,5-6,8H,4H2,1H3,(H,12,13)(H,14,15). The Morgan fingerprint density at radius 1 is 1.67 bits per heavy atom. The molecule has 0 aromatic carbocycles. The number of aromatic carboxylic acids is 1. The second-order valence-corrected chi connectivity index (χ2v) is 4.26. The van der Waals surface area contributed by atoms with Gasteiger partial charge in [0.15, 0.2) is 0 Å². The van der Waals surface area contributed by atoms with Gasteiger partial charge in [0, 0.05) is 11.5 Å².